The lowest BCUT2D eigenvalue weighted by atomic mass is 9.93. The quantitative estimate of drug-likeness (QED) is 0.704. The van der Waals surface area contributed by atoms with Gasteiger partial charge in [0, 0.05) is 23.6 Å². The Morgan fingerprint density at radius 1 is 1.22 bits per heavy atom. The second-order valence-electron chi connectivity index (χ2n) is 5.33. The fourth-order valence-electron chi connectivity index (χ4n) is 3.14. The average Bonchev–Trinajstić information content (AvgIpc) is 2.42. The Labute approximate surface area is 120 Å². The molecule has 0 spiro atoms. The maximum Gasteiger partial charge on any atom is 0.0398 e. The molecule has 1 fully saturated rings. The van der Waals surface area contributed by atoms with E-state index >= 15 is 0 Å². The van der Waals surface area contributed by atoms with Crippen LogP contribution in [0.3, 0.4) is 0 Å². The van der Waals surface area contributed by atoms with E-state index in [2.05, 4.69) is 52.9 Å². The highest BCUT2D eigenvalue weighted by Crippen LogP contribution is 2.30. The molecule has 0 N–H and O–H groups in total. The molecule has 1 aliphatic rings. The molecule has 1 aliphatic carbocycles. The van der Waals surface area contributed by atoms with Crippen molar-refractivity contribution < 1.29 is 0 Å². The van der Waals surface area contributed by atoms with Gasteiger partial charge in [0.2, 0.25) is 0 Å². The van der Waals surface area contributed by atoms with Crippen LogP contribution < -0.4 is 4.90 Å². The molecule has 1 saturated carbocycles. The van der Waals surface area contributed by atoms with Gasteiger partial charge in [-0.25, -0.2) is 0 Å². The van der Waals surface area contributed by atoms with Crippen LogP contribution in [0.4, 0.5) is 5.69 Å². The zero-order chi connectivity index (χ0) is 13.0. The zero-order valence-corrected chi connectivity index (χ0v) is 13.2. The predicted molar refractivity (Wildman–Crippen MR) is 83.7 cm³/mol. The second kappa shape index (κ2) is 6.60. The van der Waals surface area contributed by atoms with Gasteiger partial charge < -0.3 is 4.90 Å². The molecular formula is C16H24BrN. The minimum absolute atomic E-state index is 0.761. The van der Waals surface area contributed by atoms with Gasteiger partial charge in [0.15, 0.2) is 0 Å². The molecule has 2 rings (SSSR count). The minimum Gasteiger partial charge on any atom is -0.369 e. The Kier molecular flexibility index (Phi) is 5.11. The van der Waals surface area contributed by atoms with Crippen LogP contribution in [0.25, 0.3) is 0 Å². The van der Waals surface area contributed by atoms with Crippen molar-refractivity contribution in [2.45, 2.75) is 57.3 Å². The van der Waals surface area contributed by atoms with Crippen molar-refractivity contribution in [1.29, 1.82) is 0 Å². The Morgan fingerprint density at radius 3 is 2.50 bits per heavy atom. The van der Waals surface area contributed by atoms with E-state index in [4.69, 9.17) is 0 Å². The third kappa shape index (κ3) is 3.09. The first-order valence-corrected chi connectivity index (χ1v) is 8.30. The Bertz CT molecular complexity index is 383. The van der Waals surface area contributed by atoms with Gasteiger partial charge in [-0.15, -0.1) is 0 Å². The van der Waals surface area contributed by atoms with Crippen molar-refractivity contribution in [1.82, 2.24) is 0 Å². The summed E-state index contributed by atoms with van der Waals surface area (Å²) >= 11 is 3.53. The molecule has 0 bridgehead atoms. The zero-order valence-electron chi connectivity index (χ0n) is 11.6. The maximum absolute atomic E-state index is 3.53. The third-order valence-corrected chi connectivity index (χ3v) is 4.73. The van der Waals surface area contributed by atoms with Gasteiger partial charge in [-0.1, -0.05) is 47.3 Å². The smallest absolute Gasteiger partial charge is 0.0398 e. The molecule has 0 aliphatic heterocycles. The lowest BCUT2D eigenvalue weighted by Crippen LogP contribution is -2.37. The van der Waals surface area contributed by atoms with E-state index in [0.29, 0.717) is 0 Å². The number of anilines is 1. The molecular weight excluding hydrogens is 286 g/mol. The van der Waals surface area contributed by atoms with E-state index in [0.717, 1.165) is 17.9 Å². The summed E-state index contributed by atoms with van der Waals surface area (Å²) in [5.74, 6) is 0. The number of hydrogen-bond donors (Lipinski definition) is 0. The minimum atomic E-state index is 0.761. The van der Waals surface area contributed by atoms with Gasteiger partial charge in [0.25, 0.3) is 0 Å². The third-order valence-electron chi connectivity index (χ3n) is 4.08. The Hall–Kier alpha value is -0.500. The highest BCUT2D eigenvalue weighted by molar-refractivity contribution is 9.08. The second-order valence-corrected chi connectivity index (χ2v) is 5.89. The maximum atomic E-state index is 3.53. The van der Waals surface area contributed by atoms with Crippen molar-refractivity contribution in [3.63, 3.8) is 0 Å². The first-order valence-electron chi connectivity index (χ1n) is 7.18. The monoisotopic (exact) mass is 309 g/mol. The summed E-state index contributed by atoms with van der Waals surface area (Å²) in [6, 6.07) is 7.64. The van der Waals surface area contributed by atoms with Gasteiger partial charge in [0.05, 0.1) is 0 Å². The van der Waals surface area contributed by atoms with Gasteiger partial charge in [-0.05, 0) is 43.9 Å². The van der Waals surface area contributed by atoms with Crippen LogP contribution in [0.15, 0.2) is 18.2 Å². The van der Waals surface area contributed by atoms with E-state index in [1.165, 1.54) is 48.9 Å². The summed E-state index contributed by atoms with van der Waals surface area (Å²) in [6.45, 7) is 5.65. The summed E-state index contributed by atoms with van der Waals surface area (Å²) in [7, 11) is 0. The van der Waals surface area contributed by atoms with Gasteiger partial charge >= 0.3 is 0 Å². The van der Waals surface area contributed by atoms with Crippen molar-refractivity contribution in [2.75, 3.05) is 11.4 Å². The molecule has 0 amide bonds. The number of nitrogens with zero attached hydrogens (tertiary/aromatic N) is 1. The molecule has 1 aromatic carbocycles. The Balaban J connectivity index is 2.20. The molecule has 0 atom stereocenters. The molecule has 0 heterocycles. The van der Waals surface area contributed by atoms with Crippen molar-refractivity contribution in [2.24, 2.45) is 0 Å². The number of aryl methyl sites for hydroxylation is 1. The lowest BCUT2D eigenvalue weighted by molar-refractivity contribution is 0.418. The highest BCUT2D eigenvalue weighted by Gasteiger charge is 2.21. The average molecular weight is 310 g/mol. The van der Waals surface area contributed by atoms with Crippen molar-refractivity contribution in [3.05, 3.63) is 29.3 Å². The largest absolute Gasteiger partial charge is 0.369 e. The first kappa shape index (κ1) is 13.9. The van der Waals surface area contributed by atoms with Gasteiger partial charge in [0.1, 0.15) is 0 Å². The van der Waals surface area contributed by atoms with Gasteiger partial charge in [-0.2, -0.15) is 0 Å². The number of alkyl halides is 1. The fraction of sp³-hybridized carbons (Fsp3) is 0.625. The SMILES string of the molecule is CCN(c1ccc(CBr)cc1C)C1CCCCC1. The van der Waals surface area contributed by atoms with Crippen LogP contribution in [-0.4, -0.2) is 12.6 Å². The summed E-state index contributed by atoms with van der Waals surface area (Å²) < 4.78 is 0. The lowest BCUT2D eigenvalue weighted by Gasteiger charge is -2.36. The summed E-state index contributed by atoms with van der Waals surface area (Å²) in [5.41, 5.74) is 4.23. The Morgan fingerprint density at radius 2 is 1.94 bits per heavy atom. The molecule has 2 heteroatoms. The van der Waals surface area contributed by atoms with E-state index in [1.807, 2.05) is 0 Å². The topological polar surface area (TPSA) is 3.24 Å². The van der Waals surface area contributed by atoms with Crippen LogP contribution >= 0.6 is 15.9 Å². The molecule has 0 saturated heterocycles. The first-order chi connectivity index (χ1) is 8.76. The molecule has 0 unspecified atom stereocenters. The van der Waals surface area contributed by atoms with Crippen LogP contribution in [0.2, 0.25) is 0 Å². The number of rotatable bonds is 4. The molecule has 0 aromatic heterocycles. The van der Waals surface area contributed by atoms with E-state index in [9.17, 15) is 0 Å². The number of halogens is 1. The van der Waals surface area contributed by atoms with Crippen molar-refractivity contribution in [3.8, 4) is 0 Å². The molecule has 1 nitrogen and oxygen atoms in total. The molecule has 100 valence electrons. The number of benzene rings is 1. The van der Waals surface area contributed by atoms with E-state index in [-0.39, 0.29) is 0 Å². The molecule has 18 heavy (non-hydrogen) atoms. The van der Waals surface area contributed by atoms with Crippen LogP contribution in [0.5, 0.6) is 0 Å². The predicted octanol–water partition coefficient (Wildman–Crippen LogP) is 5.05. The van der Waals surface area contributed by atoms with Crippen LogP contribution in [-0.2, 0) is 5.33 Å². The highest BCUT2D eigenvalue weighted by atomic mass is 79.9. The number of hydrogen-bond acceptors (Lipinski definition) is 1. The summed E-state index contributed by atoms with van der Waals surface area (Å²) in [4.78, 5) is 2.62. The van der Waals surface area contributed by atoms with Crippen LogP contribution in [0, 0.1) is 6.92 Å². The van der Waals surface area contributed by atoms with Crippen molar-refractivity contribution >= 4 is 21.6 Å². The van der Waals surface area contributed by atoms with E-state index < -0.39 is 0 Å². The normalized spacial score (nSPS) is 16.8. The standard InChI is InChI=1S/C16H24BrN/c1-3-18(15-7-5-4-6-8-15)16-10-9-14(12-17)11-13(16)2/h9-11,15H,3-8,12H2,1-2H3. The van der Waals surface area contributed by atoms with E-state index in [1.54, 1.807) is 0 Å². The van der Waals surface area contributed by atoms with Crippen LogP contribution in [0.1, 0.15) is 50.2 Å². The molecule has 1 aromatic rings. The summed E-state index contributed by atoms with van der Waals surface area (Å²) in [5, 5.41) is 0.948. The fourth-order valence-corrected chi connectivity index (χ4v) is 3.49. The van der Waals surface area contributed by atoms with Gasteiger partial charge in [-0.3, -0.25) is 0 Å². The molecule has 0 radical (unpaired) electrons. The summed E-state index contributed by atoms with van der Waals surface area (Å²) in [6.07, 6.45) is 6.97.